The van der Waals surface area contributed by atoms with Gasteiger partial charge in [-0.1, -0.05) is 85.3 Å². The van der Waals surface area contributed by atoms with Crippen LogP contribution < -0.4 is 14.2 Å². The van der Waals surface area contributed by atoms with Crippen molar-refractivity contribution < 1.29 is 14.2 Å². The monoisotopic (exact) mass is 647 g/mol. The van der Waals surface area contributed by atoms with E-state index in [0.29, 0.717) is 37.7 Å². The Bertz CT molecular complexity index is 1990. The van der Waals surface area contributed by atoms with Gasteiger partial charge in [0.2, 0.25) is 0 Å². The molecule has 0 atom stereocenters. The molecule has 6 heteroatoms. The average molecular weight is 648 g/mol. The summed E-state index contributed by atoms with van der Waals surface area (Å²) < 4.78 is 20.8. The van der Waals surface area contributed by atoms with Crippen molar-refractivity contribution in [3.63, 3.8) is 0 Å². The minimum Gasteiger partial charge on any atom is -0.492 e. The van der Waals surface area contributed by atoms with Gasteiger partial charge in [0.15, 0.2) is 0 Å². The van der Waals surface area contributed by atoms with Gasteiger partial charge in [0.05, 0.1) is 22.2 Å². The summed E-state index contributed by atoms with van der Waals surface area (Å²) in [6, 6.07) is 45.2. The summed E-state index contributed by atoms with van der Waals surface area (Å²) in [5.41, 5.74) is 6.63. The lowest BCUT2D eigenvalue weighted by Gasteiger charge is -2.26. The lowest BCUT2D eigenvalue weighted by Crippen LogP contribution is -2.33. The van der Waals surface area contributed by atoms with Crippen molar-refractivity contribution in [2.24, 2.45) is 0 Å². The summed E-state index contributed by atoms with van der Waals surface area (Å²) in [5.74, 6) is 2.34. The number of likely N-dealkylation sites (tertiary alicyclic amines) is 1. The first-order chi connectivity index (χ1) is 24.2. The minimum atomic E-state index is 0.415. The number of nitrogens with zero attached hydrogens (tertiary/aromatic N) is 3. The highest BCUT2D eigenvalue weighted by molar-refractivity contribution is 5.98. The Morgan fingerprint density at radius 1 is 0.592 bits per heavy atom. The van der Waals surface area contributed by atoms with Crippen LogP contribution >= 0.6 is 0 Å². The third kappa shape index (κ3) is 7.80. The molecule has 1 aliphatic rings. The smallest absolute Gasteiger partial charge is 0.130 e. The van der Waals surface area contributed by atoms with Crippen LogP contribution in [0.4, 0.5) is 0 Å². The third-order valence-electron chi connectivity index (χ3n) is 9.17. The molecule has 0 bridgehead atoms. The molecule has 7 rings (SSSR count). The molecule has 49 heavy (non-hydrogen) atoms. The second-order valence-electron chi connectivity index (χ2n) is 12.5. The number of piperidine rings is 1. The van der Waals surface area contributed by atoms with Gasteiger partial charge in [0, 0.05) is 13.1 Å². The van der Waals surface area contributed by atoms with Crippen LogP contribution in [0.2, 0.25) is 0 Å². The predicted octanol–water partition coefficient (Wildman–Crippen LogP) is 9.25. The van der Waals surface area contributed by atoms with E-state index in [0.717, 1.165) is 56.9 Å². The molecule has 1 aromatic heterocycles. The maximum absolute atomic E-state index is 10.7. The molecule has 0 unspecified atom stereocenters. The first-order valence-electron chi connectivity index (χ1n) is 17.2. The second-order valence-corrected chi connectivity index (χ2v) is 12.5. The lowest BCUT2D eigenvalue weighted by atomic mass is 10.1. The number of rotatable bonds is 13. The van der Waals surface area contributed by atoms with E-state index >= 15 is 0 Å². The molecule has 0 radical (unpaired) electrons. The van der Waals surface area contributed by atoms with Crippen molar-refractivity contribution in [1.29, 1.82) is 5.26 Å². The van der Waals surface area contributed by atoms with Gasteiger partial charge in [-0.05, 0) is 96.7 Å². The fourth-order valence-corrected chi connectivity index (χ4v) is 6.60. The molecule has 0 N–H and O–H groups in total. The van der Waals surface area contributed by atoms with Gasteiger partial charge in [0.1, 0.15) is 43.1 Å². The van der Waals surface area contributed by atoms with Crippen LogP contribution in [-0.2, 0) is 19.8 Å². The van der Waals surface area contributed by atoms with Crippen LogP contribution in [0.3, 0.4) is 0 Å². The topological polar surface area (TPSA) is 59.6 Å². The van der Waals surface area contributed by atoms with Crippen LogP contribution in [0.15, 0.2) is 127 Å². The number of hydrogen-bond donors (Lipinski definition) is 0. The SMILES string of the molecule is N#Cc1c(-c2ccc(OCc3ccccc3)cc2)n(Cc2ccc(OCCN3CCCCC3)cc2)c2cccc(OCc3ccccc3)c12. The summed E-state index contributed by atoms with van der Waals surface area (Å²) in [4.78, 5) is 2.49. The number of ether oxygens (including phenoxy) is 3. The van der Waals surface area contributed by atoms with E-state index < -0.39 is 0 Å². The van der Waals surface area contributed by atoms with E-state index in [1.54, 1.807) is 0 Å². The van der Waals surface area contributed by atoms with E-state index in [1.165, 1.54) is 32.4 Å². The van der Waals surface area contributed by atoms with Crippen LogP contribution in [0, 0.1) is 11.3 Å². The Kier molecular flexibility index (Phi) is 10.2. The number of aromatic nitrogens is 1. The largest absolute Gasteiger partial charge is 0.492 e. The van der Waals surface area contributed by atoms with Crippen molar-refractivity contribution in [2.75, 3.05) is 26.2 Å². The predicted molar refractivity (Wildman–Crippen MR) is 195 cm³/mol. The Labute approximate surface area is 288 Å². The maximum atomic E-state index is 10.7. The fraction of sp³-hybridized carbons (Fsp3) is 0.233. The van der Waals surface area contributed by atoms with Gasteiger partial charge < -0.3 is 18.8 Å². The zero-order valence-corrected chi connectivity index (χ0v) is 27.8. The van der Waals surface area contributed by atoms with Crippen LogP contribution in [0.1, 0.15) is 41.5 Å². The summed E-state index contributed by atoms with van der Waals surface area (Å²) in [6.07, 6.45) is 3.90. The molecule has 246 valence electrons. The van der Waals surface area contributed by atoms with Gasteiger partial charge >= 0.3 is 0 Å². The molecule has 5 aromatic carbocycles. The molecule has 1 aliphatic heterocycles. The molecule has 0 amide bonds. The zero-order valence-electron chi connectivity index (χ0n) is 27.8. The van der Waals surface area contributed by atoms with Crippen molar-refractivity contribution in [3.8, 4) is 34.6 Å². The van der Waals surface area contributed by atoms with E-state index in [4.69, 9.17) is 14.2 Å². The molecule has 6 aromatic rings. The summed E-state index contributed by atoms with van der Waals surface area (Å²) >= 11 is 0. The molecule has 1 fully saturated rings. The Balaban J connectivity index is 1.18. The molecular formula is C43H41N3O3. The zero-order chi connectivity index (χ0) is 33.3. The van der Waals surface area contributed by atoms with Crippen molar-refractivity contribution >= 4 is 10.9 Å². The van der Waals surface area contributed by atoms with E-state index in [2.05, 4.69) is 58.0 Å². The van der Waals surface area contributed by atoms with E-state index in [1.807, 2.05) is 84.9 Å². The van der Waals surface area contributed by atoms with E-state index in [-0.39, 0.29) is 0 Å². The summed E-state index contributed by atoms with van der Waals surface area (Å²) in [7, 11) is 0. The van der Waals surface area contributed by atoms with Gasteiger partial charge in [-0.15, -0.1) is 0 Å². The standard InChI is InChI=1S/C43H41N3O3/c44-29-39-42-40(15-10-16-41(42)49-32-35-13-6-2-7-14-35)46(30-33-17-21-37(22-18-33)47-28-27-45-25-8-3-9-26-45)43(39)36-19-23-38(24-20-36)48-31-34-11-4-1-5-12-34/h1-2,4-7,10-24H,3,8-9,25-28,30-32H2. The first-order valence-corrected chi connectivity index (χ1v) is 17.2. The number of benzene rings is 5. The van der Waals surface area contributed by atoms with Crippen molar-refractivity contribution in [3.05, 3.63) is 150 Å². The van der Waals surface area contributed by atoms with Crippen molar-refractivity contribution in [2.45, 2.75) is 39.0 Å². The maximum Gasteiger partial charge on any atom is 0.130 e. The van der Waals surface area contributed by atoms with Gasteiger partial charge in [-0.25, -0.2) is 0 Å². The van der Waals surface area contributed by atoms with E-state index in [9.17, 15) is 5.26 Å². The Hall–Kier alpha value is -5.51. The molecule has 2 heterocycles. The van der Waals surface area contributed by atoms with Gasteiger partial charge in [-0.2, -0.15) is 5.26 Å². The molecular weight excluding hydrogens is 606 g/mol. The molecule has 1 saturated heterocycles. The first kappa shape index (κ1) is 32.1. The molecule has 0 spiro atoms. The second kappa shape index (κ2) is 15.6. The highest BCUT2D eigenvalue weighted by Crippen LogP contribution is 2.40. The minimum absolute atomic E-state index is 0.415. The lowest BCUT2D eigenvalue weighted by molar-refractivity contribution is 0.183. The normalized spacial score (nSPS) is 13.2. The highest BCUT2D eigenvalue weighted by atomic mass is 16.5. The molecule has 0 aliphatic carbocycles. The van der Waals surface area contributed by atoms with Crippen LogP contribution in [-0.4, -0.2) is 35.7 Å². The average Bonchev–Trinajstić information content (AvgIpc) is 3.48. The molecule has 0 saturated carbocycles. The van der Waals surface area contributed by atoms with Crippen LogP contribution in [0.25, 0.3) is 22.2 Å². The summed E-state index contributed by atoms with van der Waals surface area (Å²) in [5, 5.41) is 11.5. The van der Waals surface area contributed by atoms with Gasteiger partial charge in [0.25, 0.3) is 0 Å². The van der Waals surface area contributed by atoms with Crippen LogP contribution in [0.5, 0.6) is 17.2 Å². The van der Waals surface area contributed by atoms with Gasteiger partial charge in [-0.3, -0.25) is 4.90 Å². The van der Waals surface area contributed by atoms with Crippen molar-refractivity contribution in [1.82, 2.24) is 9.47 Å². The third-order valence-corrected chi connectivity index (χ3v) is 9.17. The summed E-state index contributed by atoms with van der Waals surface area (Å²) in [6.45, 7) is 5.47. The Morgan fingerprint density at radius 3 is 1.90 bits per heavy atom. The fourth-order valence-electron chi connectivity index (χ4n) is 6.60. The molecule has 6 nitrogen and oxygen atoms in total. The quantitative estimate of drug-likeness (QED) is 0.125. The number of hydrogen-bond acceptors (Lipinski definition) is 5. The number of nitriles is 1. The Morgan fingerprint density at radius 2 is 1.22 bits per heavy atom. The number of fused-ring (bicyclic) bond motifs is 1. The highest BCUT2D eigenvalue weighted by Gasteiger charge is 2.22.